The first-order chi connectivity index (χ1) is 12.2. The number of nitrogens with one attached hydrogen (secondary N) is 1. The van der Waals surface area contributed by atoms with Crippen LogP contribution >= 0.6 is 11.3 Å². The fraction of sp³-hybridized carbons (Fsp3) is 0.294. The summed E-state index contributed by atoms with van der Waals surface area (Å²) >= 11 is 1.45. The van der Waals surface area contributed by atoms with Crippen molar-refractivity contribution >= 4 is 28.6 Å². The van der Waals surface area contributed by atoms with Crippen molar-refractivity contribution in [2.45, 2.75) is 19.8 Å². The van der Waals surface area contributed by atoms with Gasteiger partial charge in [0.1, 0.15) is 6.33 Å². The Hall–Kier alpha value is -2.74. The SMILES string of the molecule is Cc1ccsc1C(=O)Nc1cc(-n2cnnn2)ccc1N1CCCC1. The van der Waals surface area contributed by atoms with E-state index in [2.05, 4.69) is 25.7 Å². The normalized spacial score (nSPS) is 14.0. The number of anilines is 2. The molecule has 2 aromatic heterocycles. The molecule has 1 aliphatic heterocycles. The molecule has 1 aliphatic rings. The van der Waals surface area contributed by atoms with Crippen molar-refractivity contribution in [3.8, 4) is 5.69 Å². The average molecular weight is 354 g/mol. The van der Waals surface area contributed by atoms with Crippen LogP contribution in [0.1, 0.15) is 28.1 Å². The topological polar surface area (TPSA) is 75.9 Å². The third kappa shape index (κ3) is 3.12. The molecular formula is C17H18N6OS. The summed E-state index contributed by atoms with van der Waals surface area (Å²) in [6.45, 7) is 3.96. The van der Waals surface area contributed by atoms with Crippen molar-refractivity contribution in [3.63, 3.8) is 0 Å². The molecule has 128 valence electrons. The Morgan fingerprint density at radius 1 is 1.24 bits per heavy atom. The summed E-state index contributed by atoms with van der Waals surface area (Å²) in [4.78, 5) is 15.7. The van der Waals surface area contributed by atoms with Crippen LogP contribution in [-0.4, -0.2) is 39.2 Å². The number of hydrogen-bond acceptors (Lipinski definition) is 6. The fourth-order valence-corrected chi connectivity index (χ4v) is 3.88. The number of benzene rings is 1. The molecule has 1 fully saturated rings. The Morgan fingerprint density at radius 3 is 2.76 bits per heavy atom. The van der Waals surface area contributed by atoms with Gasteiger partial charge in [-0.2, -0.15) is 0 Å². The van der Waals surface area contributed by atoms with E-state index in [9.17, 15) is 4.79 Å². The second-order valence-corrected chi connectivity index (χ2v) is 6.95. The Balaban J connectivity index is 1.70. The van der Waals surface area contributed by atoms with E-state index in [0.717, 1.165) is 40.6 Å². The van der Waals surface area contributed by atoms with Gasteiger partial charge < -0.3 is 10.2 Å². The number of tetrazole rings is 1. The zero-order valence-corrected chi connectivity index (χ0v) is 14.7. The van der Waals surface area contributed by atoms with Crippen molar-refractivity contribution in [2.24, 2.45) is 0 Å². The van der Waals surface area contributed by atoms with Gasteiger partial charge in [0, 0.05) is 13.1 Å². The Kier molecular flexibility index (Phi) is 4.19. The molecule has 7 nitrogen and oxygen atoms in total. The van der Waals surface area contributed by atoms with Crippen LogP contribution in [0.4, 0.5) is 11.4 Å². The summed E-state index contributed by atoms with van der Waals surface area (Å²) in [6, 6.07) is 7.87. The predicted octanol–water partition coefficient (Wildman–Crippen LogP) is 2.88. The molecule has 0 saturated carbocycles. The van der Waals surface area contributed by atoms with Crippen molar-refractivity contribution in [1.29, 1.82) is 0 Å². The minimum absolute atomic E-state index is 0.0817. The Labute approximate surface area is 149 Å². The lowest BCUT2D eigenvalue weighted by Crippen LogP contribution is -2.21. The van der Waals surface area contributed by atoms with Gasteiger partial charge in [-0.05, 0) is 65.4 Å². The van der Waals surface area contributed by atoms with Crippen LogP contribution in [0.25, 0.3) is 5.69 Å². The molecule has 1 amide bonds. The van der Waals surface area contributed by atoms with Gasteiger partial charge in [-0.15, -0.1) is 16.4 Å². The molecule has 3 aromatic rings. The molecule has 1 N–H and O–H groups in total. The lowest BCUT2D eigenvalue weighted by Gasteiger charge is -2.22. The molecule has 1 saturated heterocycles. The minimum Gasteiger partial charge on any atom is -0.370 e. The first-order valence-corrected chi connectivity index (χ1v) is 9.08. The van der Waals surface area contributed by atoms with E-state index in [1.165, 1.54) is 24.2 Å². The molecule has 25 heavy (non-hydrogen) atoms. The molecule has 1 aromatic carbocycles. The van der Waals surface area contributed by atoms with Crippen molar-refractivity contribution in [3.05, 3.63) is 46.4 Å². The number of carbonyl (C=O) groups is 1. The van der Waals surface area contributed by atoms with E-state index in [0.29, 0.717) is 0 Å². The predicted molar refractivity (Wildman–Crippen MR) is 97.6 cm³/mol. The summed E-state index contributed by atoms with van der Waals surface area (Å²) in [6.07, 6.45) is 3.89. The first-order valence-electron chi connectivity index (χ1n) is 8.20. The van der Waals surface area contributed by atoms with E-state index in [1.54, 1.807) is 11.0 Å². The smallest absolute Gasteiger partial charge is 0.266 e. The maximum atomic E-state index is 12.7. The Morgan fingerprint density at radius 2 is 2.08 bits per heavy atom. The molecule has 3 heterocycles. The summed E-state index contributed by atoms with van der Waals surface area (Å²) in [7, 11) is 0. The summed E-state index contributed by atoms with van der Waals surface area (Å²) in [5.41, 5.74) is 3.62. The molecular weight excluding hydrogens is 336 g/mol. The van der Waals surface area contributed by atoms with Gasteiger partial charge in [0.15, 0.2) is 0 Å². The lowest BCUT2D eigenvalue weighted by atomic mass is 10.2. The molecule has 0 spiro atoms. The number of carbonyl (C=O) groups excluding carboxylic acids is 1. The van der Waals surface area contributed by atoms with Crippen LogP contribution in [0.2, 0.25) is 0 Å². The van der Waals surface area contributed by atoms with E-state index < -0.39 is 0 Å². The van der Waals surface area contributed by atoms with Gasteiger partial charge in [0.2, 0.25) is 0 Å². The first kappa shape index (κ1) is 15.8. The molecule has 8 heteroatoms. The van der Waals surface area contributed by atoms with Crippen LogP contribution in [0.15, 0.2) is 36.0 Å². The number of rotatable bonds is 4. The van der Waals surface area contributed by atoms with Crippen LogP contribution in [0, 0.1) is 6.92 Å². The summed E-state index contributed by atoms with van der Waals surface area (Å²) < 4.78 is 1.58. The number of thiophene rings is 1. The maximum absolute atomic E-state index is 12.7. The van der Waals surface area contributed by atoms with E-state index in [-0.39, 0.29) is 5.91 Å². The highest BCUT2D eigenvalue weighted by atomic mass is 32.1. The van der Waals surface area contributed by atoms with Gasteiger partial charge in [-0.1, -0.05) is 0 Å². The summed E-state index contributed by atoms with van der Waals surface area (Å²) in [5.74, 6) is -0.0817. The fourth-order valence-electron chi connectivity index (χ4n) is 3.06. The number of amides is 1. The minimum atomic E-state index is -0.0817. The highest BCUT2D eigenvalue weighted by Gasteiger charge is 2.19. The lowest BCUT2D eigenvalue weighted by molar-refractivity contribution is 0.103. The van der Waals surface area contributed by atoms with Crippen LogP contribution in [0.5, 0.6) is 0 Å². The highest BCUT2D eigenvalue weighted by molar-refractivity contribution is 7.12. The van der Waals surface area contributed by atoms with Crippen LogP contribution < -0.4 is 10.2 Å². The number of aryl methyl sites for hydroxylation is 1. The van der Waals surface area contributed by atoms with Crippen LogP contribution in [0.3, 0.4) is 0 Å². The van der Waals surface area contributed by atoms with Crippen molar-refractivity contribution in [1.82, 2.24) is 20.2 Å². The molecule has 4 rings (SSSR count). The van der Waals surface area contributed by atoms with Gasteiger partial charge in [-0.3, -0.25) is 4.79 Å². The maximum Gasteiger partial charge on any atom is 0.266 e. The third-order valence-electron chi connectivity index (χ3n) is 4.36. The molecule has 0 atom stereocenters. The molecule has 0 unspecified atom stereocenters. The van der Waals surface area contributed by atoms with Gasteiger partial charge in [0.25, 0.3) is 5.91 Å². The number of nitrogens with zero attached hydrogens (tertiary/aromatic N) is 5. The third-order valence-corrected chi connectivity index (χ3v) is 5.37. The quantitative estimate of drug-likeness (QED) is 0.780. The van der Waals surface area contributed by atoms with Gasteiger partial charge >= 0.3 is 0 Å². The number of aromatic nitrogens is 4. The monoisotopic (exact) mass is 354 g/mol. The standard InChI is InChI=1S/C17H18N6OS/c1-12-6-9-25-16(12)17(24)19-14-10-13(23-11-18-20-21-23)4-5-15(14)22-7-2-3-8-22/h4-6,9-11H,2-3,7-8H2,1H3,(H,19,24). The number of hydrogen-bond donors (Lipinski definition) is 1. The average Bonchev–Trinajstić information content (AvgIpc) is 3.37. The van der Waals surface area contributed by atoms with E-state index in [1.807, 2.05) is 36.6 Å². The molecule has 0 aliphatic carbocycles. The van der Waals surface area contributed by atoms with Crippen molar-refractivity contribution in [2.75, 3.05) is 23.3 Å². The van der Waals surface area contributed by atoms with Gasteiger partial charge in [0.05, 0.1) is 21.9 Å². The largest absolute Gasteiger partial charge is 0.370 e. The van der Waals surface area contributed by atoms with E-state index in [4.69, 9.17) is 0 Å². The van der Waals surface area contributed by atoms with Crippen LogP contribution in [-0.2, 0) is 0 Å². The van der Waals surface area contributed by atoms with Gasteiger partial charge in [-0.25, -0.2) is 4.68 Å². The van der Waals surface area contributed by atoms with Crippen molar-refractivity contribution < 1.29 is 4.79 Å². The zero-order chi connectivity index (χ0) is 17.2. The second-order valence-electron chi connectivity index (χ2n) is 6.04. The second kappa shape index (κ2) is 6.64. The summed E-state index contributed by atoms with van der Waals surface area (Å²) in [5, 5.41) is 16.3. The Bertz CT molecular complexity index is 882. The van der Waals surface area contributed by atoms with E-state index >= 15 is 0 Å². The zero-order valence-electron chi connectivity index (χ0n) is 13.8. The molecule has 0 radical (unpaired) electrons. The molecule has 0 bridgehead atoms. The highest BCUT2D eigenvalue weighted by Crippen LogP contribution is 2.32.